The molecule has 7 nitrogen and oxygen atoms in total. The molecule has 1 fully saturated rings. The summed E-state index contributed by atoms with van der Waals surface area (Å²) >= 11 is 0.623. The molecule has 3 aromatic rings. The number of hydrogen-bond donors (Lipinski definition) is 1. The van der Waals surface area contributed by atoms with Gasteiger partial charge in [0.15, 0.2) is 0 Å². The summed E-state index contributed by atoms with van der Waals surface area (Å²) in [7, 11) is 0. The molecule has 2 N–H and O–H groups in total. The molecule has 162 valence electrons. The second-order valence-corrected chi connectivity index (χ2v) is 8.44. The van der Waals surface area contributed by atoms with Crippen LogP contribution < -0.4 is 5.73 Å². The molecule has 0 aliphatic carbocycles. The van der Waals surface area contributed by atoms with Crippen LogP contribution in [0, 0.1) is 0 Å². The number of alkyl halides is 3. The van der Waals surface area contributed by atoms with Crippen molar-refractivity contribution < 1.29 is 27.4 Å². The van der Waals surface area contributed by atoms with Crippen molar-refractivity contribution in [3.63, 3.8) is 0 Å². The number of amides is 1. The molecule has 0 unspecified atom stereocenters. The van der Waals surface area contributed by atoms with E-state index in [2.05, 4.69) is 9.97 Å². The second kappa shape index (κ2) is 7.43. The molecule has 0 spiro atoms. The highest BCUT2D eigenvalue weighted by Crippen LogP contribution is 2.39. The number of rotatable bonds is 2. The summed E-state index contributed by atoms with van der Waals surface area (Å²) in [5, 5.41) is 0.736. The van der Waals surface area contributed by atoms with Crippen LogP contribution in [0.2, 0.25) is 0 Å². The van der Waals surface area contributed by atoms with Gasteiger partial charge in [0.2, 0.25) is 0 Å². The summed E-state index contributed by atoms with van der Waals surface area (Å²) in [6.07, 6.45) is -2.94. The van der Waals surface area contributed by atoms with Crippen molar-refractivity contribution in [2.45, 2.75) is 25.4 Å². The van der Waals surface area contributed by atoms with Crippen LogP contribution in [-0.2, 0) is 28.9 Å². The third-order valence-corrected chi connectivity index (χ3v) is 6.69. The summed E-state index contributed by atoms with van der Waals surface area (Å²) in [5.41, 5.74) is 8.41. The van der Waals surface area contributed by atoms with Crippen LogP contribution in [0.1, 0.15) is 37.4 Å². The maximum atomic E-state index is 13.3. The van der Waals surface area contributed by atoms with Gasteiger partial charge < -0.3 is 20.1 Å². The monoisotopic (exact) mass is 450 g/mol. The van der Waals surface area contributed by atoms with E-state index >= 15 is 0 Å². The van der Waals surface area contributed by atoms with Crippen LogP contribution >= 0.6 is 11.3 Å². The summed E-state index contributed by atoms with van der Waals surface area (Å²) in [6, 6.07) is 3.47. The second-order valence-electron chi connectivity index (χ2n) is 7.32. The molecule has 5 heterocycles. The SMILES string of the molecule is Nc1nc2cnc(C(=O)N3CCOC[C@H]3c3ccc(C(F)(F)F)s3)cc2c2c1COC2. The fourth-order valence-electron chi connectivity index (χ4n) is 3.91. The van der Waals surface area contributed by atoms with Crippen molar-refractivity contribution in [2.75, 3.05) is 25.5 Å². The average molecular weight is 450 g/mol. The zero-order valence-electron chi connectivity index (χ0n) is 16.1. The van der Waals surface area contributed by atoms with Gasteiger partial charge in [-0.05, 0) is 23.8 Å². The van der Waals surface area contributed by atoms with Gasteiger partial charge in [-0.25, -0.2) is 9.97 Å². The summed E-state index contributed by atoms with van der Waals surface area (Å²) in [5.74, 6) is 0.00827. The Hall–Kier alpha value is -2.76. The minimum atomic E-state index is -4.43. The zero-order valence-corrected chi connectivity index (χ0v) is 16.9. The topological polar surface area (TPSA) is 90.6 Å². The van der Waals surface area contributed by atoms with Crippen molar-refractivity contribution in [3.8, 4) is 0 Å². The summed E-state index contributed by atoms with van der Waals surface area (Å²) in [6.45, 7) is 1.41. The van der Waals surface area contributed by atoms with Gasteiger partial charge in [0.25, 0.3) is 5.91 Å². The molecule has 1 atom stereocenters. The number of nitrogen functional groups attached to an aromatic ring is 1. The van der Waals surface area contributed by atoms with E-state index in [-0.39, 0.29) is 24.8 Å². The highest BCUT2D eigenvalue weighted by molar-refractivity contribution is 7.12. The molecule has 11 heteroatoms. The number of hydrogen-bond acceptors (Lipinski definition) is 7. The number of ether oxygens (including phenoxy) is 2. The predicted octanol–water partition coefficient (Wildman–Crippen LogP) is 3.54. The number of morpholine rings is 1. The standard InChI is InChI=1S/C20H17F3N4O3S/c21-20(22,23)17-2-1-16(31-17)15-9-29-4-3-27(15)19(28)13-5-10-11-7-30-8-12(11)18(24)26-14(10)6-25-13/h1-2,5-6,15H,3-4,7-9H2,(H2,24,26)/t15-/m0/s1. The molecule has 3 aromatic heterocycles. The quantitative estimate of drug-likeness (QED) is 0.642. The fraction of sp³-hybridized carbons (Fsp3) is 0.350. The number of fused-ring (bicyclic) bond motifs is 3. The van der Waals surface area contributed by atoms with Crippen molar-refractivity contribution >= 4 is 34.0 Å². The Balaban J connectivity index is 1.50. The van der Waals surface area contributed by atoms with Crippen molar-refractivity contribution in [1.29, 1.82) is 0 Å². The minimum Gasteiger partial charge on any atom is -0.383 e. The van der Waals surface area contributed by atoms with Gasteiger partial charge in [0, 0.05) is 22.4 Å². The van der Waals surface area contributed by atoms with E-state index in [1.54, 1.807) is 6.07 Å². The van der Waals surface area contributed by atoms with E-state index in [4.69, 9.17) is 15.2 Å². The lowest BCUT2D eigenvalue weighted by molar-refractivity contribution is -0.134. The lowest BCUT2D eigenvalue weighted by Gasteiger charge is -2.35. The molecule has 1 saturated heterocycles. The highest BCUT2D eigenvalue weighted by atomic mass is 32.1. The third kappa shape index (κ3) is 3.52. The maximum Gasteiger partial charge on any atom is 0.425 e. The molecule has 0 radical (unpaired) electrons. The van der Waals surface area contributed by atoms with E-state index in [9.17, 15) is 18.0 Å². The van der Waals surface area contributed by atoms with Crippen molar-refractivity contribution in [1.82, 2.24) is 14.9 Å². The smallest absolute Gasteiger partial charge is 0.383 e. The largest absolute Gasteiger partial charge is 0.425 e. The molecular formula is C20H17F3N4O3S. The molecule has 31 heavy (non-hydrogen) atoms. The van der Waals surface area contributed by atoms with Gasteiger partial charge in [-0.3, -0.25) is 4.79 Å². The predicted molar refractivity (Wildman–Crippen MR) is 106 cm³/mol. The number of pyridine rings is 2. The average Bonchev–Trinajstić information content (AvgIpc) is 3.43. The lowest BCUT2D eigenvalue weighted by Crippen LogP contribution is -2.43. The minimum absolute atomic E-state index is 0.123. The van der Waals surface area contributed by atoms with Gasteiger partial charge in [0.1, 0.15) is 16.4 Å². The first-order chi connectivity index (χ1) is 14.8. The van der Waals surface area contributed by atoms with Crippen LogP contribution in [0.3, 0.4) is 0 Å². The Labute approximate surface area is 178 Å². The van der Waals surface area contributed by atoms with Gasteiger partial charge in [-0.15, -0.1) is 11.3 Å². The molecule has 2 aliphatic rings. The number of anilines is 1. The Kier molecular flexibility index (Phi) is 4.83. The van der Waals surface area contributed by atoms with Crippen LogP contribution in [-0.4, -0.2) is 40.5 Å². The van der Waals surface area contributed by atoms with E-state index in [1.807, 2.05) is 0 Å². The van der Waals surface area contributed by atoms with E-state index in [0.717, 1.165) is 22.6 Å². The van der Waals surface area contributed by atoms with Crippen molar-refractivity contribution in [2.24, 2.45) is 0 Å². The molecule has 0 bridgehead atoms. The van der Waals surface area contributed by atoms with Crippen LogP contribution in [0.25, 0.3) is 10.9 Å². The Morgan fingerprint density at radius 1 is 1.23 bits per heavy atom. The Morgan fingerprint density at radius 2 is 2.03 bits per heavy atom. The number of thiophene rings is 1. The number of carbonyl (C=O) groups is 1. The third-order valence-electron chi connectivity index (χ3n) is 5.46. The first-order valence-corrected chi connectivity index (χ1v) is 10.3. The molecular weight excluding hydrogens is 433 g/mol. The van der Waals surface area contributed by atoms with Crippen LogP contribution in [0.5, 0.6) is 0 Å². The number of nitrogens with two attached hydrogens (primary N) is 1. The molecule has 0 aromatic carbocycles. The molecule has 1 amide bonds. The number of nitrogens with zero attached hydrogens (tertiary/aromatic N) is 3. The van der Waals surface area contributed by atoms with E-state index in [0.29, 0.717) is 47.4 Å². The van der Waals surface area contributed by atoms with Crippen LogP contribution in [0.4, 0.5) is 19.0 Å². The molecule has 0 saturated carbocycles. The zero-order chi connectivity index (χ0) is 21.8. The van der Waals surface area contributed by atoms with Gasteiger partial charge in [-0.1, -0.05) is 0 Å². The van der Waals surface area contributed by atoms with Gasteiger partial charge in [-0.2, -0.15) is 13.2 Å². The van der Waals surface area contributed by atoms with Gasteiger partial charge in [0.05, 0.1) is 44.2 Å². The van der Waals surface area contributed by atoms with Crippen LogP contribution in [0.15, 0.2) is 24.4 Å². The molecule has 2 aliphatic heterocycles. The summed E-state index contributed by atoms with van der Waals surface area (Å²) in [4.78, 5) is 23.1. The number of halogens is 3. The van der Waals surface area contributed by atoms with Crippen molar-refractivity contribution in [3.05, 3.63) is 51.0 Å². The number of carbonyl (C=O) groups excluding carboxylic acids is 1. The van der Waals surface area contributed by atoms with Gasteiger partial charge >= 0.3 is 6.18 Å². The van der Waals surface area contributed by atoms with E-state index < -0.39 is 17.1 Å². The highest BCUT2D eigenvalue weighted by Gasteiger charge is 2.36. The summed E-state index contributed by atoms with van der Waals surface area (Å²) < 4.78 is 50.1. The first kappa shape index (κ1) is 20.2. The fourth-order valence-corrected chi connectivity index (χ4v) is 4.88. The Bertz CT molecular complexity index is 1180. The first-order valence-electron chi connectivity index (χ1n) is 9.53. The Morgan fingerprint density at radius 3 is 2.81 bits per heavy atom. The molecule has 5 rings (SSSR count). The lowest BCUT2D eigenvalue weighted by atomic mass is 10.0. The normalized spacial score (nSPS) is 19.1. The maximum absolute atomic E-state index is 13.3. The van der Waals surface area contributed by atoms with E-state index in [1.165, 1.54) is 17.2 Å². The number of aromatic nitrogens is 2.